The molecular formula is C18H27Cl2N. The Balaban J connectivity index is 2.05. The Kier molecular flexibility index (Phi) is 6.85. The van der Waals surface area contributed by atoms with Gasteiger partial charge in [0.25, 0.3) is 0 Å². The van der Waals surface area contributed by atoms with Gasteiger partial charge in [0.15, 0.2) is 0 Å². The average molecular weight is 328 g/mol. The van der Waals surface area contributed by atoms with E-state index in [1.165, 1.54) is 37.7 Å². The maximum absolute atomic E-state index is 6.16. The van der Waals surface area contributed by atoms with Crippen molar-refractivity contribution in [1.29, 1.82) is 0 Å². The molecule has 0 amide bonds. The molecule has 21 heavy (non-hydrogen) atoms. The Bertz CT molecular complexity index is 447. The molecule has 1 aliphatic carbocycles. The quantitative estimate of drug-likeness (QED) is 0.703. The van der Waals surface area contributed by atoms with Gasteiger partial charge in [-0.2, -0.15) is 0 Å². The molecule has 3 unspecified atom stereocenters. The summed E-state index contributed by atoms with van der Waals surface area (Å²) in [7, 11) is 0. The highest BCUT2D eigenvalue weighted by Gasteiger charge is 2.29. The zero-order valence-corrected chi connectivity index (χ0v) is 14.7. The lowest BCUT2D eigenvalue weighted by molar-refractivity contribution is 0.198. The summed E-state index contributed by atoms with van der Waals surface area (Å²) in [6.45, 7) is 5.68. The Morgan fingerprint density at radius 2 is 1.95 bits per heavy atom. The van der Waals surface area contributed by atoms with Gasteiger partial charge in [-0.15, -0.1) is 0 Å². The fraction of sp³-hybridized carbons (Fsp3) is 0.667. The van der Waals surface area contributed by atoms with Crippen molar-refractivity contribution >= 4 is 23.2 Å². The van der Waals surface area contributed by atoms with E-state index < -0.39 is 0 Å². The van der Waals surface area contributed by atoms with Crippen LogP contribution >= 0.6 is 23.2 Å². The SMILES string of the molecule is CCCNC1CCC(CC)CC1Cc1ccc(Cl)c(Cl)c1. The van der Waals surface area contributed by atoms with Crippen LogP contribution in [0.15, 0.2) is 18.2 Å². The van der Waals surface area contributed by atoms with Crippen LogP contribution in [0.5, 0.6) is 0 Å². The molecule has 1 aromatic carbocycles. The number of nitrogens with one attached hydrogen (secondary N) is 1. The van der Waals surface area contributed by atoms with Crippen LogP contribution in [0.1, 0.15) is 51.5 Å². The molecule has 0 bridgehead atoms. The Morgan fingerprint density at radius 3 is 2.62 bits per heavy atom. The molecule has 1 N–H and O–H groups in total. The Morgan fingerprint density at radius 1 is 1.14 bits per heavy atom. The third-order valence-corrected chi connectivity index (χ3v) is 5.55. The number of halogens is 2. The first kappa shape index (κ1) is 17.1. The number of hydrogen-bond acceptors (Lipinski definition) is 1. The van der Waals surface area contributed by atoms with Crippen molar-refractivity contribution in [2.75, 3.05) is 6.54 Å². The molecule has 118 valence electrons. The standard InChI is InChI=1S/C18H27Cl2N/c1-3-9-21-18-8-6-13(4-2)10-15(18)11-14-5-7-16(19)17(20)12-14/h5,7,12-13,15,18,21H,3-4,6,8-11H2,1-2H3. The molecule has 0 heterocycles. The van der Waals surface area contributed by atoms with Crippen LogP contribution in [-0.2, 0) is 6.42 Å². The predicted octanol–water partition coefficient (Wildman–Crippen LogP) is 5.73. The second-order valence-corrected chi connectivity index (χ2v) is 7.18. The van der Waals surface area contributed by atoms with Crippen LogP contribution < -0.4 is 5.32 Å². The van der Waals surface area contributed by atoms with Crippen LogP contribution in [0.4, 0.5) is 0 Å². The third-order valence-electron chi connectivity index (χ3n) is 4.81. The fourth-order valence-electron chi connectivity index (χ4n) is 3.53. The van der Waals surface area contributed by atoms with Gasteiger partial charge in [-0.1, -0.05) is 49.5 Å². The van der Waals surface area contributed by atoms with E-state index in [1.807, 2.05) is 12.1 Å². The molecule has 1 fully saturated rings. The van der Waals surface area contributed by atoms with Gasteiger partial charge >= 0.3 is 0 Å². The summed E-state index contributed by atoms with van der Waals surface area (Å²) in [4.78, 5) is 0. The second-order valence-electron chi connectivity index (χ2n) is 6.36. The van der Waals surface area contributed by atoms with E-state index in [-0.39, 0.29) is 0 Å². The molecule has 1 aromatic rings. The minimum Gasteiger partial charge on any atom is -0.314 e. The largest absolute Gasteiger partial charge is 0.314 e. The fourth-order valence-corrected chi connectivity index (χ4v) is 3.85. The molecule has 2 rings (SSSR count). The van der Waals surface area contributed by atoms with Crippen molar-refractivity contribution in [3.8, 4) is 0 Å². The molecule has 0 aliphatic heterocycles. The lowest BCUT2D eigenvalue weighted by Crippen LogP contribution is -2.41. The molecule has 1 aliphatic rings. The molecule has 0 spiro atoms. The summed E-state index contributed by atoms with van der Waals surface area (Å²) in [5.41, 5.74) is 1.31. The first-order valence-corrected chi connectivity index (χ1v) is 9.06. The molecule has 0 radical (unpaired) electrons. The van der Waals surface area contributed by atoms with Crippen LogP contribution in [0.2, 0.25) is 10.0 Å². The van der Waals surface area contributed by atoms with Crippen molar-refractivity contribution in [3.05, 3.63) is 33.8 Å². The van der Waals surface area contributed by atoms with Gasteiger partial charge in [0.1, 0.15) is 0 Å². The van der Waals surface area contributed by atoms with Gasteiger partial charge in [-0.05, 0) is 68.2 Å². The predicted molar refractivity (Wildman–Crippen MR) is 93.4 cm³/mol. The number of hydrogen-bond donors (Lipinski definition) is 1. The summed E-state index contributed by atoms with van der Waals surface area (Å²) in [5, 5.41) is 5.08. The van der Waals surface area contributed by atoms with Gasteiger partial charge in [0.2, 0.25) is 0 Å². The van der Waals surface area contributed by atoms with Gasteiger partial charge in [-0.3, -0.25) is 0 Å². The first-order valence-electron chi connectivity index (χ1n) is 8.31. The number of rotatable bonds is 6. The van der Waals surface area contributed by atoms with Crippen LogP contribution in [-0.4, -0.2) is 12.6 Å². The van der Waals surface area contributed by atoms with E-state index in [1.54, 1.807) is 0 Å². The van der Waals surface area contributed by atoms with E-state index in [2.05, 4.69) is 25.2 Å². The second kappa shape index (κ2) is 8.41. The average Bonchev–Trinajstić information content (AvgIpc) is 2.49. The minimum atomic E-state index is 0.649. The molecule has 1 nitrogen and oxygen atoms in total. The molecule has 3 heteroatoms. The maximum atomic E-state index is 6.16. The van der Waals surface area contributed by atoms with Crippen molar-refractivity contribution in [3.63, 3.8) is 0 Å². The zero-order valence-electron chi connectivity index (χ0n) is 13.2. The molecular weight excluding hydrogens is 301 g/mol. The first-order chi connectivity index (χ1) is 10.1. The van der Waals surface area contributed by atoms with E-state index in [0.717, 1.165) is 18.9 Å². The summed E-state index contributed by atoms with van der Waals surface area (Å²) < 4.78 is 0. The third kappa shape index (κ3) is 4.87. The van der Waals surface area contributed by atoms with Crippen LogP contribution in [0, 0.1) is 11.8 Å². The van der Waals surface area contributed by atoms with Gasteiger partial charge in [-0.25, -0.2) is 0 Å². The smallest absolute Gasteiger partial charge is 0.0595 e. The molecule has 0 aromatic heterocycles. The molecule has 0 saturated heterocycles. The summed E-state index contributed by atoms with van der Waals surface area (Å²) in [6.07, 6.45) is 7.62. The van der Waals surface area contributed by atoms with Crippen LogP contribution in [0.3, 0.4) is 0 Å². The lowest BCUT2D eigenvalue weighted by Gasteiger charge is -2.37. The summed E-state index contributed by atoms with van der Waals surface area (Å²) in [5.74, 6) is 1.60. The van der Waals surface area contributed by atoms with Crippen molar-refractivity contribution in [2.45, 2.75) is 58.4 Å². The van der Waals surface area contributed by atoms with Gasteiger partial charge in [0.05, 0.1) is 10.0 Å². The lowest BCUT2D eigenvalue weighted by atomic mass is 9.74. The zero-order chi connectivity index (χ0) is 15.2. The van der Waals surface area contributed by atoms with E-state index in [4.69, 9.17) is 23.2 Å². The monoisotopic (exact) mass is 327 g/mol. The normalized spacial score (nSPS) is 26.0. The topological polar surface area (TPSA) is 12.0 Å². The highest BCUT2D eigenvalue weighted by molar-refractivity contribution is 6.42. The minimum absolute atomic E-state index is 0.649. The Hall–Kier alpha value is -0.240. The summed E-state index contributed by atoms with van der Waals surface area (Å²) >= 11 is 12.2. The summed E-state index contributed by atoms with van der Waals surface area (Å²) in [6, 6.07) is 6.74. The van der Waals surface area contributed by atoms with Crippen molar-refractivity contribution in [1.82, 2.24) is 5.32 Å². The van der Waals surface area contributed by atoms with Crippen molar-refractivity contribution in [2.24, 2.45) is 11.8 Å². The van der Waals surface area contributed by atoms with E-state index in [9.17, 15) is 0 Å². The molecule has 3 atom stereocenters. The van der Waals surface area contributed by atoms with Crippen molar-refractivity contribution < 1.29 is 0 Å². The Labute approximate surface area is 139 Å². The highest BCUT2D eigenvalue weighted by Crippen LogP contribution is 2.34. The number of benzene rings is 1. The maximum Gasteiger partial charge on any atom is 0.0595 e. The van der Waals surface area contributed by atoms with E-state index >= 15 is 0 Å². The van der Waals surface area contributed by atoms with E-state index in [0.29, 0.717) is 22.0 Å². The van der Waals surface area contributed by atoms with Crippen LogP contribution in [0.25, 0.3) is 0 Å². The highest BCUT2D eigenvalue weighted by atomic mass is 35.5. The molecule has 1 saturated carbocycles. The van der Waals surface area contributed by atoms with Gasteiger partial charge < -0.3 is 5.32 Å². The van der Waals surface area contributed by atoms with Gasteiger partial charge in [0, 0.05) is 6.04 Å².